The summed E-state index contributed by atoms with van der Waals surface area (Å²) < 4.78 is 12.5. The van der Waals surface area contributed by atoms with Crippen LogP contribution in [0.4, 0.5) is 0 Å². The molecule has 1 heterocycles. The molecule has 3 aromatic carbocycles. The lowest BCUT2D eigenvalue weighted by Gasteiger charge is -2.38. The Morgan fingerprint density at radius 2 is 1.27 bits per heavy atom. The maximum absolute atomic E-state index is 6.38. The van der Waals surface area contributed by atoms with E-state index in [2.05, 4.69) is 83.8 Å². The summed E-state index contributed by atoms with van der Waals surface area (Å²) in [6.07, 6.45) is 1.27. The van der Waals surface area contributed by atoms with E-state index in [0.29, 0.717) is 19.1 Å². The van der Waals surface area contributed by atoms with Gasteiger partial charge in [0.05, 0.1) is 25.9 Å². The van der Waals surface area contributed by atoms with Gasteiger partial charge in [-0.2, -0.15) is 0 Å². The zero-order valence-electron chi connectivity index (χ0n) is 17.5. The van der Waals surface area contributed by atoms with Crippen molar-refractivity contribution in [1.29, 1.82) is 0 Å². The molecule has 30 heavy (non-hydrogen) atoms. The van der Waals surface area contributed by atoms with Crippen LogP contribution in [0.5, 0.6) is 0 Å². The van der Waals surface area contributed by atoms with Gasteiger partial charge in [-0.1, -0.05) is 91.0 Å². The number of ether oxygens (including phenoxy) is 2. The fourth-order valence-electron chi connectivity index (χ4n) is 4.13. The third kappa shape index (κ3) is 6.27. The van der Waals surface area contributed by atoms with Gasteiger partial charge in [0.15, 0.2) is 0 Å². The van der Waals surface area contributed by atoms with Crippen molar-refractivity contribution >= 4 is 0 Å². The normalized spacial score (nSPS) is 19.6. The van der Waals surface area contributed by atoms with Crippen LogP contribution < -0.4 is 0 Å². The SMILES string of the molecule is c1ccc(COC[C@H]2CN(Cc3ccccc3)CC[C@@H]2OCc2ccccc2)cc1. The summed E-state index contributed by atoms with van der Waals surface area (Å²) in [6, 6.07) is 31.6. The van der Waals surface area contributed by atoms with Crippen molar-refractivity contribution in [3.63, 3.8) is 0 Å². The fourth-order valence-corrected chi connectivity index (χ4v) is 4.13. The van der Waals surface area contributed by atoms with Crippen molar-refractivity contribution in [1.82, 2.24) is 4.90 Å². The van der Waals surface area contributed by atoms with Crippen LogP contribution in [0.2, 0.25) is 0 Å². The minimum atomic E-state index is 0.230. The predicted octanol–water partition coefficient (Wildman–Crippen LogP) is 5.31. The maximum atomic E-state index is 6.38. The van der Waals surface area contributed by atoms with Gasteiger partial charge in [0.1, 0.15) is 0 Å². The molecule has 3 nitrogen and oxygen atoms in total. The van der Waals surface area contributed by atoms with Gasteiger partial charge in [-0.05, 0) is 23.1 Å². The largest absolute Gasteiger partial charge is 0.376 e. The minimum absolute atomic E-state index is 0.230. The Labute approximate surface area is 180 Å². The predicted molar refractivity (Wildman–Crippen MR) is 121 cm³/mol. The highest BCUT2D eigenvalue weighted by molar-refractivity contribution is 5.15. The molecule has 156 valence electrons. The quantitative estimate of drug-likeness (QED) is 0.485. The van der Waals surface area contributed by atoms with Gasteiger partial charge in [0.25, 0.3) is 0 Å². The molecule has 0 saturated carbocycles. The third-order valence-corrected chi connectivity index (χ3v) is 5.75. The zero-order valence-corrected chi connectivity index (χ0v) is 17.5. The molecule has 0 bridgehead atoms. The molecule has 1 aliphatic rings. The van der Waals surface area contributed by atoms with E-state index < -0.39 is 0 Å². The summed E-state index contributed by atoms with van der Waals surface area (Å²) in [5.74, 6) is 0.370. The molecule has 3 aromatic rings. The molecular weight excluding hydrogens is 370 g/mol. The summed E-state index contributed by atoms with van der Waals surface area (Å²) in [6.45, 7) is 5.09. The molecular formula is C27H31NO2. The fraction of sp³-hybridized carbons (Fsp3) is 0.333. The van der Waals surface area contributed by atoms with Gasteiger partial charge in [0.2, 0.25) is 0 Å². The second-order valence-electron chi connectivity index (χ2n) is 8.11. The van der Waals surface area contributed by atoms with Crippen molar-refractivity contribution in [3.8, 4) is 0 Å². The molecule has 0 N–H and O–H groups in total. The highest BCUT2D eigenvalue weighted by atomic mass is 16.5. The standard InChI is InChI=1S/C27H31NO2/c1-4-10-23(11-5-1)18-28-17-16-27(30-21-25-14-8-3-9-15-25)26(19-28)22-29-20-24-12-6-2-7-13-24/h1-15,26-27H,16-22H2/t26-,27+/m1/s1. The van der Waals surface area contributed by atoms with Crippen molar-refractivity contribution in [2.24, 2.45) is 5.92 Å². The number of hydrogen-bond acceptors (Lipinski definition) is 3. The van der Waals surface area contributed by atoms with E-state index in [1.165, 1.54) is 16.7 Å². The van der Waals surface area contributed by atoms with Crippen LogP contribution in [-0.4, -0.2) is 30.7 Å². The molecule has 4 rings (SSSR count). The Morgan fingerprint density at radius 1 is 0.700 bits per heavy atom. The van der Waals surface area contributed by atoms with Crippen LogP contribution in [0.25, 0.3) is 0 Å². The average Bonchev–Trinajstić information content (AvgIpc) is 2.81. The summed E-state index contributed by atoms with van der Waals surface area (Å²) in [4.78, 5) is 2.54. The smallest absolute Gasteiger partial charge is 0.0720 e. The highest BCUT2D eigenvalue weighted by Gasteiger charge is 2.30. The van der Waals surface area contributed by atoms with Crippen LogP contribution in [0.15, 0.2) is 91.0 Å². The van der Waals surface area contributed by atoms with Crippen LogP contribution in [0, 0.1) is 5.92 Å². The summed E-state index contributed by atoms with van der Waals surface area (Å²) >= 11 is 0. The lowest BCUT2D eigenvalue weighted by molar-refractivity contribution is -0.0724. The molecule has 3 heteroatoms. The first-order valence-corrected chi connectivity index (χ1v) is 10.9. The van der Waals surface area contributed by atoms with Crippen LogP contribution in [0.1, 0.15) is 23.1 Å². The molecule has 0 amide bonds. The first kappa shape index (κ1) is 20.8. The zero-order chi connectivity index (χ0) is 20.4. The third-order valence-electron chi connectivity index (χ3n) is 5.75. The number of rotatable bonds is 9. The first-order chi connectivity index (χ1) is 14.9. The van der Waals surface area contributed by atoms with Gasteiger partial charge in [-0.15, -0.1) is 0 Å². The van der Waals surface area contributed by atoms with Gasteiger partial charge in [-0.3, -0.25) is 4.90 Å². The Bertz CT molecular complexity index is 854. The molecule has 0 aromatic heterocycles. The molecule has 1 aliphatic heterocycles. The van der Waals surface area contributed by atoms with Crippen LogP contribution in [-0.2, 0) is 29.2 Å². The van der Waals surface area contributed by atoms with Crippen LogP contribution >= 0.6 is 0 Å². The van der Waals surface area contributed by atoms with Gasteiger partial charge < -0.3 is 9.47 Å². The average molecular weight is 402 g/mol. The first-order valence-electron chi connectivity index (χ1n) is 10.9. The van der Waals surface area contributed by atoms with Gasteiger partial charge in [-0.25, -0.2) is 0 Å². The molecule has 2 atom stereocenters. The molecule has 0 aliphatic carbocycles. The Morgan fingerprint density at radius 3 is 1.90 bits per heavy atom. The van der Waals surface area contributed by atoms with E-state index in [4.69, 9.17) is 9.47 Å². The number of hydrogen-bond donors (Lipinski definition) is 0. The minimum Gasteiger partial charge on any atom is -0.376 e. The monoisotopic (exact) mass is 401 g/mol. The Kier molecular flexibility index (Phi) is 7.68. The second kappa shape index (κ2) is 11.1. The summed E-state index contributed by atoms with van der Waals surface area (Å²) in [5.41, 5.74) is 3.81. The topological polar surface area (TPSA) is 21.7 Å². The molecule has 1 saturated heterocycles. The van der Waals surface area contributed by atoms with E-state index in [9.17, 15) is 0 Å². The van der Waals surface area contributed by atoms with E-state index >= 15 is 0 Å². The van der Waals surface area contributed by atoms with E-state index in [1.807, 2.05) is 12.1 Å². The maximum Gasteiger partial charge on any atom is 0.0720 e. The van der Waals surface area contributed by atoms with Crippen molar-refractivity contribution in [2.45, 2.75) is 32.3 Å². The van der Waals surface area contributed by atoms with Gasteiger partial charge in [0, 0.05) is 25.6 Å². The highest BCUT2D eigenvalue weighted by Crippen LogP contribution is 2.24. The molecule has 0 spiro atoms. The van der Waals surface area contributed by atoms with E-state index in [1.54, 1.807) is 0 Å². The molecule has 0 radical (unpaired) electrons. The molecule has 0 unspecified atom stereocenters. The number of likely N-dealkylation sites (tertiary alicyclic amines) is 1. The summed E-state index contributed by atoms with van der Waals surface area (Å²) in [5, 5.41) is 0. The van der Waals surface area contributed by atoms with Gasteiger partial charge >= 0.3 is 0 Å². The lowest BCUT2D eigenvalue weighted by atomic mass is 9.94. The van der Waals surface area contributed by atoms with E-state index in [-0.39, 0.29) is 6.10 Å². The van der Waals surface area contributed by atoms with Crippen LogP contribution in [0.3, 0.4) is 0 Å². The number of piperidine rings is 1. The summed E-state index contributed by atoms with van der Waals surface area (Å²) in [7, 11) is 0. The lowest BCUT2D eigenvalue weighted by Crippen LogP contribution is -2.45. The van der Waals surface area contributed by atoms with E-state index in [0.717, 1.165) is 32.7 Å². The molecule has 1 fully saturated rings. The van der Waals surface area contributed by atoms with Crippen molar-refractivity contribution in [3.05, 3.63) is 108 Å². The Hall–Kier alpha value is -2.46. The second-order valence-corrected chi connectivity index (χ2v) is 8.11. The van der Waals surface area contributed by atoms with Crippen molar-refractivity contribution in [2.75, 3.05) is 19.7 Å². The van der Waals surface area contributed by atoms with Crippen molar-refractivity contribution < 1.29 is 9.47 Å². The number of benzene rings is 3. The number of nitrogens with zero attached hydrogens (tertiary/aromatic N) is 1. The Balaban J connectivity index is 1.35.